The number of anilines is 1. The Hall–Kier alpha value is -2.23. The van der Waals surface area contributed by atoms with Crippen molar-refractivity contribution in [2.45, 2.75) is 17.1 Å². The van der Waals surface area contributed by atoms with Crippen molar-refractivity contribution in [2.24, 2.45) is 0 Å². The van der Waals surface area contributed by atoms with Gasteiger partial charge in [-0.2, -0.15) is 0 Å². The van der Waals surface area contributed by atoms with Crippen LogP contribution in [-0.2, 0) is 27.7 Å². The molecule has 1 aromatic heterocycles. The smallest absolute Gasteiger partial charge is 0.271 e. The van der Waals surface area contributed by atoms with E-state index in [-0.39, 0.29) is 22.4 Å². The van der Waals surface area contributed by atoms with Gasteiger partial charge in [0.25, 0.3) is 10.0 Å². The first-order valence-corrected chi connectivity index (χ1v) is 11.8. The summed E-state index contributed by atoms with van der Waals surface area (Å²) in [7, 11) is -3.59. The fraction of sp³-hybridized carbons (Fsp3) is 0.150. The van der Waals surface area contributed by atoms with Crippen LogP contribution in [0.4, 0.5) is 10.1 Å². The molecule has 2 aromatic carbocycles. The second kappa shape index (κ2) is 9.51. The third-order valence-electron chi connectivity index (χ3n) is 4.05. The average Bonchev–Trinajstić information content (AvgIpc) is 3.22. The number of carbonyl (C=O) groups is 1. The largest absolute Gasteiger partial charge is 0.355 e. The van der Waals surface area contributed by atoms with Crippen molar-refractivity contribution in [3.63, 3.8) is 0 Å². The Kier molecular flexibility index (Phi) is 7.05. The highest BCUT2D eigenvalue weighted by Crippen LogP contribution is 2.20. The van der Waals surface area contributed by atoms with E-state index >= 15 is 0 Å². The van der Waals surface area contributed by atoms with Gasteiger partial charge in [-0.3, -0.25) is 9.52 Å². The predicted molar refractivity (Wildman–Crippen MR) is 116 cm³/mol. The van der Waals surface area contributed by atoms with E-state index in [1.165, 1.54) is 12.1 Å². The second-order valence-electron chi connectivity index (χ2n) is 6.26. The maximum absolute atomic E-state index is 13.2. The lowest BCUT2D eigenvalue weighted by Crippen LogP contribution is -2.27. The van der Waals surface area contributed by atoms with E-state index in [1.807, 2.05) is 0 Å². The van der Waals surface area contributed by atoms with Gasteiger partial charge in [0.15, 0.2) is 0 Å². The Labute approximate surface area is 181 Å². The summed E-state index contributed by atoms with van der Waals surface area (Å²) < 4.78 is 40.8. The summed E-state index contributed by atoms with van der Waals surface area (Å²) in [4.78, 5) is 12.1. The van der Waals surface area contributed by atoms with Gasteiger partial charge in [-0.25, -0.2) is 12.8 Å². The van der Waals surface area contributed by atoms with Gasteiger partial charge >= 0.3 is 0 Å². The molecule has 3 rings (SSSR count). The number of hydrogen-bond donors (Lipinski definition) is 2. The van der Waals surface area contributed by atoms with Crippen molar-refractivity contribution in [2.75, 3.05) is 11.3 Å². The van der Waals surface area contributed by atoms with Crippen molar-refractivity contribution >= 4 is 48.9 Å². The van der Waals surface area contributed by atoms with Gasteiger partial charge in [-0.1, -0.05) is 24.3 Å². The molecule has 1 amide bonds. The van der Waals surface area contributed by atoms with Crippen molar-refractivity contribution in [3.8, 4) is 0 Å². The molecule has 0 aliphatic carbocycles. The normalized spacial score (nSPS) is 11.2. The molecule has 29 heavy (non-hydrogen) atoms. The lowest BCUT2D eigenvalue weighted by molar-refractivity contribution is -0.120. The minimum Gasteiger partial charge on any atom is -0.355 e. The maximum Gasteiger partial charge on any atom is 0.271 e. The highest BCUT2D eigenvalue weighted by molar-refractivity contribution is 9.10. The van der Waals surface area contributed by atoms with Gasteiger partial charge in [-0.05, 0) is 69.2 Å². The summed E-state index contributed by atoms with van der Waals surface area (Å²) >= 11 is 4.29. The van der Waals surface area contributed by atoms with Crippen molar-refractivity contribution in [1.29, 1.82) is 0 Å². The number of rotatable bonds is 8. The summed E-state index contributed by atoms with van der Waals surface area (Å²) in [5, 5.41) is 4.53. The maximum atomic E-state index is 13.2. The van der Waals surface area contributed by atoms with E-state index in [0.717, 1.165) is 22.5 Å². The topological polar surface area (TPSA) is 75.3 Å². The molecule has 0 atom stereocenters. The van der Waals surface area contributed by atoms with Crippen LogP contribution < -0.4 is 10.0 Å². The molecule has 2 N–H and O–H groups in total. The third-order valence-corrected chi connectivity index (χ3v) is 7.44. The zero-order chi connectivity index (χ0) is 20.9. The quantitative estimate of drug-likeness (QED) is 0.486. The molecule has 0 aliphatic rings. The average molecular weight is 497 g/mol. The highest BCUT2D eigenvalue weighted by atomic mass is 79.9. The Bertz CT molecular complexity index is 1090. The summed E-state index contributed by atoms with van der Waals surface area (Å²) in [5.41, 5.74) is 2.12. The molecule has 0 radical (unpaired) electrons. The molecule has 1 heterocycles. The predicted octanol–water partition coefficient (Wildman–Crippen LogP) is 4.35. The van der Waals surface area contributed by atoms with Crippen LogP contribution in [-0.4, -0.2) is 20.9 Å². The number of amides is 1. The van der Waals surface area contributed by atoms with Crippen LogP contribution in [0.15, 0.2) is 68.7 Å². The summed E-state index contributed by atoms with van der Waals surface area (Å²) in [6, 6.07) is 14.7. The van der Waals surface area contributed by atoms with E-state index in [4.69, 9.17) is 0 Å². The Balaban J connectivity index is 1.49. The molecule has 0 bridgehead atoms. The van der Waals surface area contributed by atoms with Crippen LogP contribution in [0.3, 0.4) is 0 Å². The molecule has 0 fully saturated rings. The Morgan fingerprint density at radius 1 is 1.07 bits per heavy atom. The number of sulfonamides is 1. The first-order chi connectivity index (χ1) is 13.8. The SMILES string of the molecule is O=C(Cc1ccc(NS(=O)(=O)c2cccs2)cc1)NCCc1ccc(F)c(Br)c1. The third kappa shape index (κ3) is 6.12. The van der Waals surface area contributed by atoms with Crippen molar-refractivity contribution in [1.82, 2.24) is 5.32 Å². The minimum absolute atomic E-state index is 0.141. The van der Waals surface area contributed by atoms with Crippen LogP contribution in [0.2, 0.25) is 0 Å². The molecule has 152 valence electrons. The highest BCUT2D eigenvalue weighted by Gasteiger charge is 2.15. The van der Waals surface area contributed by atoms with Crippen molar-refractivity contribution in [3.05, 3.63) is 81.4 Å². The second-order valence-corrected chi connectivity index (χ2v) is 9.97. The molecule has 0 aliphatic heterocycles. The molecular weight excluding hydrogens is 479 g/mol. The van der Waals surface area contributed by atoms with Gasteiger partial charge in [0.2, 0.25) is 5.91 Å². The Morgan fingerprint density at radius 2 is 1.79 bits per heavy atom. The van der Waals surface area contributed by atoms with E-state index in [1.54, 1.807) is 47.8 Å². The fourth-order valence-electron chi connectivity index (χ4n) is 2.60. The van der Waals surface area contributed by atoms with Crippen LogP contribution in [0.5, 0.6) is 0 Å². The van der Waals surface area contributed by atoms with Gasteiger partial charge < -0.3 is 5.32 Å². The number of benzene rings is 2. The molecule has 0 unspecified atom stereocenters. The van der Waals surface area contributed by atoms with Crippen LogP contribution in [0.1, 0.15) is 11.1 Å². The van der Waals surface area contributed by atoms with E-state index in [2.05, 4.69) is 26.0 Å². The molecule has 5 nitrogen and oxygen atoms in total. The van der Waals surface area contributed by atoms with Crippen LogP contribution >= 0.6 is 27.3 Å². The Morgan fingerprint density at radius 3 is 2.45 bits per heavy atom. The molecular formula is C20H18BrFN2O3S2. The first kappa shape index (κ1) is 21.5. The number of halogens is 2. The molecule has 9 heteroatoms. The van der Waals surface area contributed by atoms with Crippen molar-refractivity contribution < 1.29 is 17.6 Å². The van der Waals surface area contributed by atoms with Gasteiger partial charge in [0, 0.05) is 12.2 Å². The van der Waals surface area contributed by atoms with Gasteiger partial charge in [-0.15, -0.1) is 11.3 Å². The van der Waals surface area contributed by atoms with E-state index < -0.39 is 10.0 Å². The minimum atomic E-state index is -3.59. The molecule has 0 saturated carbocycles. The lowest BCUT2D eigenvalue weighted by Gasteiger charge is -2.08. The zero-order valence-corrected chi connectivity index (χ0v) is 18.4. The van der Waals surface area contributed by atoms with Gasteiger partial charge in [0.05, 0.1) is 10.9 Å². The van der Waals surface area contributed by atoms with E-state index in [0.29, 0.717) is 23.1 Å². The number of carbonyl (C=O) groups excluding carboxylic acids is 1. The van der Waals surface area contributed by atoms with E-state index in [9.17, 15) is 17.6 Å². The number of nitrogens with one attached hydrogen (secondary N) is 2. The number of thiophene rings is 1. The first-order valence-electron chi connectivity index (χ1n) is 8.69. The fourth-order valence-corrected chi connectivity index (χ4v) is 5.08. The van der Waals surface area contributed by atoms with Crippen LogP contribution in [0.25, 0.3) is 0 Å². The summed E-state index contributed by atoms with van der Waals surface area (Å²) in [6.07, 6.45) is 0.777. The standard InChI is InChI=1S/C20H18BrFN2O3S2/c21-17-12-15(5-8-18(17)22)9-10-23-19(25)13-14-3-6-16(7-4-14)24-29(26,27)20-2-1-11-28-20/h1-8,11-12,24H,9-10,13H2,(H,23,25). The molecule has 3 aromatic rings. The number of hydrogen-bond acceptors (Lipinski definition) is 4. The molecule has 0 saturated heterocycles. The monoisotopic (exact) mass is 496 g/mol. The zero-order valence-electron chi connectivity index (χ0n) is 15.2. The summed E-state index contributed by atoms with van der Waals surface area (Å²) in [6.45, 7) is 0.440. The summed E-state index contributed by atoms with van der Waals surface area (Å²) in [5.74, 6) is -0.461. The van der Waals surface area contributed by atoms with Gasteiger partial charge in [0.1, 0.15) is 10.0 Å². The molecule has 0 spiro atoms. The lowest BCUT2D eigenvalue weighted by atomic mass is 10.1. The van der Waals surface area contributed by atoms with Crippen LogP contribution in [0, 0.1) is 5.82 Å².